The molecular weight excluding hydrogens is 1070 g/mol. The van der Waals surface area contributed by atoms with E-state index in [2.05, 4.69) is 52.3 Å². The summed E-state index contributed by atoms with van der Waals surface area (Å²) in [7, 11) is 1.32. The smallest absolute Gasteiger partial charge is 0.369 e. The number of pyridine rings is 2. The fraction of sp³-hybridized carbons (Fsp3) is 0.409. The molecule has 20 heteroatoms. The van der Waals surface area contributed by atoms with Gasteiger partial charge >= 0.3 is 15.1 Å². The van der Waals surface area contributed by atoms with Crippen LogP contribution in [-0.4, -0.2) is 79.8 Å². The number of amides is 2. The minimum Gasteiger partial charge on any atom is -0.478 e. The lowest BCUT2D eigenvalue weighted by Gasteiger charge is -2.26. The highest BCUT2D eigenvalue weighted by molar-refractivity contribution is 9.69. The van der Waals surface area contributed by atoms with Crippen molar-refractivity contribution in [2.24, 2.45) is 0 Å². The molecule has 0 saturated carbocycles. The maximum atomic E-state index is 13.6. The second-order valence-corrected chi connectivity index (χ2v) is 22.8. The zero-order valence-corrected chi connectivity index (χ0v) is 41.9. The van der Waals surface area contributed by atoms with Crippen LogP contribution in [0.25, 0.3) is 22.3 Å². The molecule has 0 bridgehead atoms. The molecule has 6 heterocycles. The van der Waals surface area contributed by atoms with Gasteiger partial charge in [0, 0.05) is 35.1 Å². The number of aromatic nitrogens is 2. The Kier molecular flexibility index (Phi) is 18.7. The molecule has 2 aromatic heterocycles. The fourth-order valence-corrected chi connectivity index (χ4v) is 8.14. The van der Waals surface area contributed by atoms with Crippen LogP contribution in [0.4, 0.5) is 20.4 Å². The molecule has 4 aliphatic heterocycles. The number of fused-ring (bicyclic) bond motifs is 6. The third kappa shape index (κ3) is 11.7. The Bertz CT molecular complexity index is 2350. The minimum absolute atomic E-state index is 0.000157. The first-order valence-electron chi connectivity index (χ1n) is 20.3. The van der Waals surface area contributed by atoms with Crippen LogP contribution in [0.3, 0.4) is 0 Å². The predicted octanol–water partition coefficient (Wildman–Crippen LogP) is 11.1. The van der Waals surface area contributed by atoms with E-state index in [-0.39, 0.29) is 68.9 Å². The molecule has 1 N–H and O–H groups in total. The third-order valence-corrected chi connectivity index (χ3v) is 10.8. The lowest BCUT2D eigenvalue weighted by atomic mass is 9.90. The van der Waals surface area contributed by atoms with Crippen LogP contribution in [0, 0.1) is 11.6 Å². The summed E-state index contributed by atoms with van der Waals surface area (Å²) in [5.41, 5.74) is 4.84. The van der Waals surface area contributed by atoms with Crippen molar-refractivity contribution in [3.8, 4) is 22.3 Å². The van der Waals surface area contributed by atoms with Crippen molar-refractivity contribution in [1.82, 2.24) is 9.97 Å². The van der Waals surface area contributed by atoms with E-state index in [0.29, 0.717) is 101 Å². The highest BCUT2D eigenvalue weighted by Gasteiger charge is 2.41. The number of ether oxygens (including phenoxy) is 3. The predicted molar refractivity (Wildman–Crippen MR) is 255 cm³/mol. The maximum Gasteiger partial charge on any atom is 0.369 e. The lowest BCUT2D eigenvalue weighted by molar-refractivity contribution is -0.118. The van der Waals surface area contributed by atoms with Gasteiger partial charge in [0.2, 0.25) is 11.8 Å². The van der Waals surface area contributed by atoms with Gasteiger partial charge in [-0.25, -0.2) is 28.3 Å². The van der Waals surface area contributed by atoms with Crippen LogP contribution in [-0.2, 0) is 37.0 Å². The molecule has 2 fully saturated rings. The van der Waals surface area contributed by atoms with E-state index in [4.69, 9.17) is 42.4 Å². The standard InChI is InChI=1S/C22H23FN2O4.C21H21FN2O4.CH2Cl2.BBr3/c1-12(2)20-19(22(27)28-3)18(13-4-6-14(23)7-5-13)16-11-29-10-15-8-9-17(26)25(15)21(16)24-20;1-11(2)19-18(21(26)27)17(12-3-5-13(22)6-4-12)15-10-28-9-14-7-8-16(25)24(14)20(15)23-19;2-1-3;2-1(3)4/h4-7,12,15H,8-11H2,1-3H3;3-6,11,14H,7-10H2,1-2H3,(H,26,27);1H2;/t15-;14-;;/m11../s1. The van der Waals surface area contributed by atoms with Gasteiger partial charge in [-0.05, 0) is 60.1 Å². The Balaban J connectivity index is 0.000000211. The molecule has 0 spiro atoms. The van der Waals surface area contributed by atoms with Crippen LogP contribution < -0.4 is 9.80 Å². The molecule has 2 aromatic carbocycles. The molecule has 4 aromatic rings. The number of carboxylic acid groups (broad SMARTS) is 1. The number of halogens is 7. The molecule has 2 amide bonds. The number of carbonyl (C=O) groups excluding carboxylic acids is 3. The van der Waals surface area contributed by atoms with Gasteiger partial charge in [-0.2, -0.15) is 0 Å². The van der Waals surface area contributed by atoms with Gasteiger partial charge in [-0.3, -0.25) is 19.4 Å². The van der Waals surface area contributed by atoms with E-state index in [0.717, 1.165) is 0 Å². The molecular formula is C44H46BBr3Cl2F2N4O8. The minimum atomic E-state index is -1.10. The van der Waals surface area contributed by atoms with Gasteiger partial charge in [-0.15, -0.1) is 70.5 Å². The van der Waals surface area contributed by atoms with Crippen molar-refractivity contribution in [3.63, 3.8) is 0 Å². The first-order valence-corrected chi connectivity index (χ1v) is 24.1. The number of hydrogen-bond donors (Lipinski definition) is 1. The number of anilines is 2. The number of methoxy groups -OCH3 is 1. The summed E-state index contributed by atoms with van der Waals surface area (Å²) in [5.74, 6) is -1.69. The summed E-state index contributed by atoms with van der Waals surface area (Å²) >= 11 is 18.8. The molecule has 2 saturated heterocycles. The van der Waals surface area contributed by atoms with Crippen LogP contribution >= 0.6 is 70.5 Å². The van der Waals surface area contributed by atoms with Crippen LogP contribution in [0.2, 0.25) is 0 Å². The molecule has 8 rings (SSSR count). The van der Waals surface area contributed by atoms with E-state index in [1.807, 2.05) is 27.7 Å². The normalized spacial score (nSPS) is 17.3. The average Bonchev–Trinajstić information content (AvgIpc) is 3.65. The van der Waals surface area contributed by atoms with Gasteiger partial charge < -0.3 is 19.3 Å². The Labute approximate surface area is 405 Å². The van der Waals surface area contributed by atoms with Crippen molar-refractivity contribution in [2.75, 3.05) is 35.5 Å². The van der Waals surface area contributed by atoms with Gasteiger partial charge in [-0.1, -0.05) is 52.0 Å². The van der Waals surface area contributed by atoms with Crippen LogP contribution in [0.1, 0.15) is 108 Å². The summed E-state index contributed by atoms with van der Waals surface area (Å²) in [6.07, 6.45) is 2.25. The average molecular weight is 1120 g/mol. The zero-order valence-electron chi connectivity index (χ0n) is 35.6. The van der Waals surface area contributed by atoms with Gasteiger partial charge in [0.1, 0.15) is 23.3 Å². The summed E-state index contributed by atoms with van der Waals surface area (Å²) < 4.78 is 44.1. The monoisotopic (exact) mass is 1110 g/mol. The quantitative estimate of drug-likeness (QED) is 0.112. The fourth-order valence-electron chi connectivity index (χ4n) is 8.14. The second-order valence-electron chi connectivity index (χ2n) is 15.5. The Morgan fingerprint density at radius 1 is 0.766 bits per heavy atom. The SMILES string of the molecule is BrB(Br)Br.CC(C)c1nc2c(c(-c3ccc(F)cc3)c1C(=O)O)COC[C@H]1CCC(=O)N21.COC(=O)c1c(C(C)C)nc2c(c1-c1ccc(F)cc1)COC[C@H]1CCC(=O)N21.ClCCl. The molecule has 0 radical (unpaired) electrons. The number of benzene rings is 2. The number of nitrogens with zero attached hydrogens (tertiary/aromatic N) is 4. The molecule has 64 heavy (non-hydrogen) atoms. The maximum absolute atomic E-state index is 13.6. The van der Waals surface area contributed by atoms with Crippen molar-refractivity contribution in [1.29, 1.82) is 0 Å². The molecule has 12 nitrogen and oxygen atoms in total. The van der Waals surface area contributed by atoms with Crippen molar-refractivity contribution >= 4 is 109 Å². The van der Waals surface area contributed by atoms with Gasteiger partial charge in [0.05, 0.1) is 73.5 Å². The Hall–Kier alpha value is -3.52. The van der Waals surface area contributed by atoms with E-state index < -0.39 is 17.8 Å². The van der Waals surface area contributed by atoms with Crippen LogP contribution in [0.5, 0.6) is 0 Å². The van der Waals surface area contributed by atoms with E-state index in [1.165, 1.54) is 31.4 Å². The highest BCUT2D eigenvalue weighted by atomic mass is 79.9. The lowest BCUT2D eigenvalue weighted by Crippen LogP contribution is -2.36. The summed E-state index contributed by atoms with van der Waals surface area (Å²) in [5, 5.41) is 10.2. The first-order chi connectivity index (χ1) is 30.4. The number of aromatic carboxylic acids is 1. The van der Waals surface area contributed by atoms with Crippen molar-refractivity contribution < 1.29 is 47.3 Å². The number of rotatable bonds is 6. The topological polar surface area (TPSA) is 148 Å². The summed E-state index contributed by atoms with van der Waals surface area (Å²) in [6.45, 7) is 8.75. The summed E-state index contributed by atoms with van der Waals surface area (Å²) in [6, 6.07) is 11.5. The second kappa shape index (κ2) is 23.3. The Morgan fingerprint density at radius 2 is 1.12 bits per heavy atom. The third-order valence-electron chi connectivity index (χ3n) is 10.8. The van der Waals surface area contributed by atoms with E-state index in [1.54, 1.807) is 34.1 Å². The molecule has 2 atom stereocenters. The molecule has 0 aliphatic carbocycles. The number of carboxylic acids is 1. The first kappa shape index (κ1) is 51.5. The van der Waals surface area contributed by atoms with E-state index in [9.17, 15) is 33.1 Å². The zero-order chi connectivity index (χ0) is 47.0. The van der Waals surface area contributed by atoms with Gasteiger partial charge in [0.15, 0.2) is 0 Å². The van der Waals surface area contributed by atoms with Crippen molar-refractivity contribution in [2.45, 2.75) is 90.5 Å². The number of carbonyl (C=O) groups is 4. The number of alkyl halides is 2. The summed E-state index contributed by atoms with van der Waals surface area (Å²) in [4.78, 5) is 63.1. The van der Waals surface area contributed by atoms with Crippen LogP contribution in [0.15, 0.2) is 48.5 Å². The molecule has 4 aliphatic rings. The van der Waals surface area contributed by atoms with E-state index >= 15 is 0 Å². The van der Waals surface area contributed by atoms with Gasteiger partial charge in [0.25, 0.3) is 0 Å². The largest absolute Gasteiger partial charge is 0.478 e. The Morgan fingerprint density at radius 3 is 1.47 bits per heavy atom. The van der Waals surface area contributed by atoms with Crippen molar-refractivity contribution in [3.05, 3.63) is 93.8 Å². The number of esters is 1. The molecule has 0 unspecified atom stereocenters. The highest BCUT2D eigenvalue weighted by Crippen LogP contribution is 2.43. The molecule has 342 valence electrons. The number of hydrogen-bond acceptors (Lipinski definition) is 9.